The van der Waals surface area contributed by atoms with Gasteiger partial charge in [0.25, 0.3) is 0 Å². The number of hydrogen-bond donors (Lipinski definition) is 0. The van der Waals surface area contributed by atoms with Crippen LogP contribution in [0.3, 0.4) is 0 Å². The van der Waals surface area contributed by atoms with Gasteiger partial charge in [0.1, 0.15) is 5.75 Å². The van der Waals surface area contributed by atoms with E-state index in [1.807, 2.05) is 36.2 Å². The molecule has 2 amide bonds. The Labute approximate surface area is 108 Å². The maximum absolute atomic E-state index is 12.3. The quantitative estimate of drug-likeness (QED) is 0.806. The Morgan fingerprint density at radius 1 is 1.28 bits per heavy atom. The number of carbonyl (C=O) groups is 1. The Bertz CT molecular complexity index is 414. The fourth-order valence-corrected chi connectivity index (χ4v) is 2.23. The number of methoxy groups -OCH3 is 1. The first-order chi connectivity index (χ1) is 8.72. The SMILES string of the molecule is COc1cccc(N(C)C(=O)N2CCCCC2)c1. The molecule has 0 unspecified atom stereocenters. The number of ether oxygens (including phenoxy) is 1. The first-order valence-corrected chi connectivity index (χ1v) is 6.39. The van der Waals surface area contributed by atoms with Crippen LogP contribution in [-0.2, 0) is 0 Å². The van der Waals surface area contributed by atoms with Crippen molar-refractivity contribution in [3.63, 3.8) is 0 Å². The lowest BCUT2D eigenvalue weighted by atomic mass is 10.1. The van der Waals surface area contributed by atoms with E-state index in [-0.39, 0.29) is 6.03 Å². The lowest BCUT2D eigenvalue weighted by Crippen LogP contribution is -2.43. The highest BCUT2D eigenvalue weighted by Gasteiger charge is 2.20. The normalized spacial score (nSPS) is 15.3. The molecule has 1 aromatic rings. The average Bonchev–Trinajstić information content (AvgIpc) is 2.46. The summed E-state index contributed by atoms with van der Waals surface area (Å²) in [4.78, 5) is 15.9. The van der Waals surface area contributed by atoms with Crippen LogP contribution >= 0.6 is 0 Å². The predicted molar refractivity (Wildman–Crippen MR) is 72.2 cm³/mol. The van der Waals surface area contributed by atoms with Gasteiger partial charge in [-0.2, -0.15) is 0 Å². The van der Waals surface area contributed by atoms with Crippen LogP contribution in [0.1, 0.15) is 19.3 Å². The molecule has 1 aliphatic rings. The third-order valence-electron chi connectivity index (χ3n) is 3.35. The Hall–Kier alpha value is -1.71. The van der Waals surface area contributed by atoms with Crippen molar-refractivity contribution in [3.8, 4) is 5.75 Å². The van der Waals surface area contributed by atoms with Crippen molar-refractivity contribution in [1.29, 1.82) is 0 Å². The van der Waals surface area contributed by atoms with Crippen molar-refractivity contribution >= 4 is 11.7 Å². The fourth-order valence-electron chi connectivity index (χ4n) is 2.23. The molecule has 0 aliphatic carbocycles. The largest absolute Gasteiger partial charge is 0.497 e. The first kappa shape index (κ1) is 12.7. The highest BCUT2D eigenvalue weighted by atomic mass is 16.5. The summed E-state index contributed by atoms with van der Waals surface area (Å²) in [5.74, 6) is 0.769. The van der Waals surface area contributed by atoms with Crippen molar-refractivity contribution < 1.29 is 9.53 Å². The molecule has 0 atom stereocenters. The lowest BCUT2D eigenvalue weighted by Gasteiger charge is -2.31. The molecule has 0 saturated carbocycles. The van der Waals surface area contributed by atoms with Gasteiger partial charge in [0.2, 0.25) is 0 Å². The van der Waals surface area contributed by atoms with Crippen molar-refractivity contribution in [2.24, 2.45) is 0 Å². The van der Waals surface area contributed by atoms with Crippen molar-refractivity contribution in [3.05, 3.63) is 24.3 Å². The second-order valence-electron chi connectivity index (χ2n) is 4.59. The van der Waals surface area contributed by atoms with Gasteiger partial charge < -0.3 is 9.64 Å². The Balaban J connectivity index is 2.09. The zero-order chi connectivity index (χ0) is 13.0. The van der Waals surface area contributed by atoms with E-state index in [2.05, 4.69) is 0 Å². The molecule has 2 rings (SSSR count). The fraction of sp³-hybridized carbons (Fsp3) is 0.500. The summed E-state index contributed by atoms with van der Waals surface area (Å²) in [6.07, 6.45) is 3.45. The van der Waals surface area contributed by atoms with Gasteiger partial charge in [-0.3, -0.25) is 4.90 Å². The Morgan fingerprint density at radius 2 is 2.00 bits per heavy atom. The Morgan fingerprint density at radius 3 is 2.67 bits per heavy atom. The first-order valence-electron chi connectivity index (χ1n) is 6.39. The minimum Gasteiger partial charge on any atom is -0.497 e. The molecule has 0 bridgehead atoms. The van der Waals surface area contributed by atoms with Crippen LogP contribution in [0.4, 0.5) is 10.5 Å². The third kappa shape index (κ3) is 2.75. The number of nitrogens with zero attached hydrogens (tertiary/aromatic N) is 2. The molecule has 18 heavy (non-hydrogen) atoms. The van der Waals surface area contributed by atoms with Gasteiger partial charge in [0.05, 0.1) is 7.11 Å². The van der Waals surface area contributed by atoms with Gasteiger partial charge >= 0.3 is 6.03 Å². The molecule has 1 saturated heterocycles. The summed E-state index contributed by atoms with van der Waals surface area (Å²) in [5.41, 5.74) is 0.866. The molecule has 1 aliphatic heterocycles. The van der Waals surface area contributed by atoms with Crippen LogP contribution in [-0.4, -0.2) is 38.2 Å². The number of amides is 2. The van der Waals surface area contributed by atoms with E-state index >= 15 is 0 Å². The molecule has 0 radical (unpaired) electrons. The number of anilines is 1. The van der Waals surface area contributed by atoms with Gasteiger partial charge in [0, 0.05) is 31.9 Å². The summed E-state index contributed by atoms with van der Waals surface area (Å²) in [6.45, 7) is 1.74. The Kier molecular flexibility index (Phi) is 4.07. The number of rotatable bonds is 2. The zero-order valence-electron chi connectivity index (χ0n) is 11.1. The van der Waals surface area contributed by atoms with Crippen molar-refractivity contribution in [1.82, 2.24) is 4.90 Å². The van der Waals surface area contributed by atoms with E-state index in [0.717, 1.165) is 37.4 Å². The highest BCUT2D eigenvalue weighted by molar-refractivity contribution is 5.91. The molecule has 0 N–H and O–H groups in total. The molecule has 98 valence electrons. The van der Waals surface area contributed by atoms with Gasteiger partial charge in [0.15, 0.2) is 0 Å². The molecule has 1 aromatic carbocycles. The number of benzene rings is 1. The second-order valence-corrected chi connectivity index (χ2v) is 4.59. The summed E-state index contributed by atoms with van der Waals surface area (Å²) < 4.78 is 5.18. The van der Waals surface area contributed by atoms with Crippen LogP contribution in [0.15, 0.2) is 24.3 Å². The predicted octanol–water partition coefficient (Wildman–Crippen LogP) is 2.74. The molecular weight excluding hydrogens is 228 g/mol. The van der Waals surface area contributed by atoms with Crippen molar-refractivity contribution in [2.45, 2.75) is 19.3 Å². The maximum atomic E-state index is 12.3. The van der Waals surface area contributed by atoms with Gasteiger partial charge in [-0.1, -0.05) is 6.07 Å². The lowest BCUT2D eigenvalue weighted by molar-refractivity contribution is 0.194. The van der Waals surface area contributed by atoms with Crippen LogP contribution in [0.2, 0.25) is 0 Å². The number of piperidine rings is 1. The van der Waals surface area contributed by atoms with Crippen LogP contribution < -0.4 is 9.64 Å². The smallest absolute Gasteiger partial charge is 0.324 e. The van der Waals surface area contributed by atoms with E-state index in [4.69, 9.17) is 4.74 Å². The van der Waals surface area contributed by atoms with E-state index in [1.165, 1.54) is 6.42 Å². The molecular formula is C14H20N2O2. The maximum Gasteiger partial charge on any atom is 0.324 e. The molecule has 1 heterocycles. The topological polar surface area (TPSA) is 32.8 Å². The van der Waals surface area contributed by atoms with Crippen LogP contribution in [0.25, 0.3) is 0 Å². The van der Waals surface area contributed by atoms with Gasteiger partial charge in [-0.15, -0.1) is 0 Å². The molecule has 0 spiro atoms. The van der Waals surface area contributed by atoms with E-state index < -0.39 is 0 Å². The third-order valence-corrected chi connectivity index (χ3v) is 3.35. The van der Waals surface area contributed by atoms with Crippen LogP contribution in [0.5, 0.6) is 5.75 Å². The summed E-state index contributed by atoms with van der Waals surface area (Å²) in [7, 11) is 3.44. The summed E-state index contributed by atoms with van der Waals surface area (Å²) in [6, 6.07) is 7.64. The minimum atomic E-state index is 0.0722. The van der Waals surface area contributed by atoms with Crippen LogP contribution in [0, 0.1) is 0 Å². The number of carbonyl (C=O) groups excluding carboxylic acids is 1. The number of likely N-dealkylation sites (tertiary alicyclic amines) is 1. The summed E-state index contributed by atoms with van der Waals surface area (Å²) in [5, 5.41) is 0. The average molecular weight is 248 g/mol. The second kappa shape index (κ2) is 5.76. The molecule has 1 fully saturated rings. The van der Waals surface area contributed by atoms with E-state index in [1.54, 1.807) is 12.0 Å². The monoisotopic (exact) mass is 248 g/mol. The standard InChI is InChI=1S/C14H20N2O2/c1-15(12-7-6-8-13(11-12)18-2)14(17)16-9-4-3-5-10-16/h6-8,11H,3-5,9-10H2,1-2H3. The number of hydrogen-bond acceptors (Lipinski definition) is 2. The van der Waals surface area contributed by atoms with Gasteiger partial charge in [-0.05, 0) is 31.4 Å². The minimum absolute atomic E-state index is 0.0722. The zero-order valence-corrected chi connectivity index (χ0v) is 11.1. The highest BCUT2D eigenvalue weighted by Crippen LogP contribution is 2.21. The number of urea groups is 1. The van der Waals surface area contributed by atoms with E-state index in [0.29, 0.717) is 0 Å². The molecule has 4 heteroatoms. The van der Waals surface area contributed by atoms with Gasteiger partial charge in [-0.25, -0.2) is 4.79 Å². The molecule has 4 nitrogen and oxygen atoms in total. The van der Waals surface area contributed by atoms with Crippen molar-refractivity contribution in [2.75, 3.05) is 32.1 Å². The van der Waals surface area contributed by atoms with E-state index in [9.17, 15) is 4.79 Å². The molecule has 0 aromatic heterocycles. The summed E-state index contributed by atoms with van der Waals surface area (Å²) >= 11 is 0.